The molecule has 1 saturated carbocycles. The number of nitrogens with two attached hydrogens (primary N) is 1. The number of ether oxygens (including phenoxy) is 1. The SMILES string of the molecule is CCn1nc(C2CC2)cc1Nc1nc(N)nc2[nH]c3cc(-c4c(C)noc4C)c(OC)cc3c12. The fourth-order valence-electron chi connectivity index (χ4n) is 4.64. The molecular formula is C24H26N8O2. The summed E-state index contributed by atoms with van der Waals surface area (Å²) in [6.07, 6.45) is 2.39. The molecule has 0 bridgehead atoms. The third-order valence-corrected chi connectivity index (χ3v) is 6.43. The van der Waals surface area contributed by atoms with E-state index in [1.54, 1.807) is 7.11 Å². The van der Waals surface area contributed by atoms with Crippen LogP contribution in [0.15, 0.2) is 22.7 Å². The van der Waals surface area contributed by atoms with Crippen LogP contribution in [-0.2, 0) is 6.54 Å². The summed E-state index contributed by atoms with van der Waals surface area (Å²) in [5.41, 5.74) is 11.4. The van der Waals surface area contributed by atoms with Crippen LogP contribution in [0.4, 0.5) is 17.6 Å². The molecule has 6 rings (SSSR count). The number of aryl methyl sites for hydroxylation is 3. The van der Waals surface area contributed by atoms with Crippen LogP contribution in [0.25, 0.3) is 33.1 Å². The zero-order valence-corrected chi connectivity index (χ0v) is 19.6. The Balaban J connectivity index is 1.54. The number of methoxy groups -OCH3 is 1. The minimum Gasteiger partial charge on any atom is -0.496 e. The lowest BCUT2D eigenvalue weighted by Crippen LogP contribution is -2.06. The molecule has 0 saturated heterocycles. The number of fused-ring (bicyclic) bond motifs is 3. The standard InChI is InChI=1S/C24H26N8O2/c1-5-32-19(10-16(30-32)13-6-7-13)27-23-21-14-9-18(33-4)15(20-11(2)31-34-12(20)3)8-17(14)26-22(21)28-24(25)29-23/h8-10,13H,5-7H2,1-4H3,(H4,25,26,27,28,29). The fraction of sp³-hybridized carbons (Fsp3) is 0.333. The van der Waals surface area contributed by atoms with Crippen molar-refractivity contribution in [1.82, 2.24) is 29.9 Å². The van der Waals surface area contributed by atoms with Crippen molar-refractivity contribution in [1.29, 1.82) is 0 Å². The molecule has 1 fully saturated rings. The van der Waals surface area contributed by atoms with E-state index < -0.39 is 0 Å². The Morgan fingerprint density at radius 2 is 2.06 bits per heavy atom. The summed E-state index contributed by atoms with van der Waals surface area (Å²) in [4.78, 5) is 12.4. The molecule has 174 valence electrons. The smallest absolute Gasteiger partial charge is 0.224 e. The van der Waals surface area contributed by atoms with Crippen molar-refractivity contribution in [3.05, 3.63) is 35.3 Å². The number of aromatic amines is 1. The van der Waals surface area contributed by atoms with Gasteiger partial charge in [-0.05, 0) is 45.7 Å². The normalized spacial score (nSPS) is 13.8. The van der Waals surface area contributed by atoms with Crippen LogP contribution < -0.4 is 15.8 Å². The Kier molecular flexibility index (Phi) is 4.51. The van der Waals surface area contributed by atoms with E-state index in [0.717, 1.165) is 56.9 Å². The van der Waals surface area contributed by atoms with Gasteiger partial charge in [0.15, 0.2) is 0 Å². The van der Waals surface area contributed by atoms with Gasteiger partial charge >= 0.3 is 0 Å². The minimum atomic E-state index is 0.185. The summed E-state index contributed by atoms with van der Waals surface area (Å²) >= 11 is 0. The number of hydrogen-bond donors (Lipinski definition) is 3. The van der Waals surface area contributed by atoms with Crippen molar-refractivity contribution < 1.29 is 9.26 Å². The van der Waals surface area contributed by atoms with Gasteiger partial charge in [0.25, 0.3) is 0 Å². The third-order valence-electron chi connectivity index (χ3n) is 6.43. The predicted molar refractivity (Wildman–Crippen MR) is 130 cm³/mol. The van der Waals surface area contributed by atoms with E-state index in [9.17, 15) is 0 Å². The van der Waals surface area contributed by atoms with Crippen LogP contribution in [0.1, 0.15) is 42.8 Å². The summed E-state index contributed by atoms with van der Waals surface area (Å²) in [7, 11) is 1.66. The molecule has 4 N–H and O–H groups in total. The average molecular weight is 459 g/mol. The van der Waals surface area contributed by atoms with Crippen molar-refractivity contribution in [2.75, 3.05) is 18.2 Å². The van der Waals surface area contributed by atoms with Crippen molar-refractivity contribution in [2.45, 2.75) is 46.1 Å². The number of nitrogen functional groups attached to an aromatic ring is 1. The van der Waals surface area contributed by atoms with Crippen molar-refractivity contribution in [3.8, 4) is 16.9 Å². The number of aromatic nitrogens is 6. The maximum atomic E-state index is 6.09. The van der Waals surface area contributed by atoms with Gasteiger partial charge in [-0.15, -0.1) is 0 Å². The third kappa shape index (κ3) is 3.17. The summed E-state index contributed by atoms with van der Waals surface area (Å²) in [6.45, 7) is 6.64. The molecule has 1 aromatic carbocycles. The number of hydrogen-bond acceptors (Lipinski definition) is 8. The number of H-pyrrole nitrogens is 1. The van der Waals surface area contributed by atoms with E-state index in [-0.39, 0.29) is 5.95 Å². The van der Waals surface area contributed by atoms with E-state index in [0.29, 0.717) is 23.1 Å². The highest BCUT2D eigenvalue weighted by Crippen LogP contribution is 2.42. The predicted octanol–water partition coefficient (Wildman–Crippen LogP) is 4.81. The summed E-state index contributed by atoms with van der Waals surface area (Å²) in [5, 5.41) is 14.1. The maximum absolute atomic E-state index is 6.09. The first-order valence-electron chi connectivity index (χ1n) is 11.4. The van der Waals surface area contributed by atoms with Gasteiger partial charge in [0.05, 0.1) is 29.4 Å². The van der Waals surface area contributed by atoms with Gasteiger partial charge in [0.2, 0.25) is 5.95 Å². The van der Waals surface area contributed by atoms with Crippen molar-refractivity contribution >= 4 is 39.5 Å². The molecule has 4 aromatic heterocycles. The highest BCUT2D eigenvalue weighted by molar-refractivity contribution is 6.13. The summed E-state index contributed by atoms with van der Waals surface area (Å²) in [6, 6.07) is 6.13. The molecule has 10 heteroatoms. The molecule has 34 heavy (non-hydrogen) atoms. The number of benzene rings is 1. The molecule has 1 aliphatic rings. The van der Waals surface area contributed by atoms with Gasteiger partial charge < -0.3 is 25.3 Å². The molecule has 1 aliphatic carbocycles. The molecular weight excluding hydrogens is 432 g/mol. The van der Waals surface area contributed by atoms with E-state index in [2.05, 4.69) is 38.4 Å². The molecule has 0 unspecified atom stereocenters. The molecule has 0 radical (unpaired) electrons. The average Bonchev–Trinajstić information content (AvgIpc) is 3.37. The van der Waals surface area contributed by atoms with E-state index in [4.69, 9.17) is 20.1 Å². The second-order valence-corrected chi connectivity index (χ2v) is 8.75. The molecule has 0 atom stereocenters. The van der Waals surface area contributed by atoms with E-state index >= 15 is 0 Å². The lowest BCUT2D eigenvalue weighted by atomic mass is 10.0. The highest BCUT2D eigenvalue weighted by Gasteiger charge is 2.27. The van der Waals surface area contributed by atoms with Crippen LogP contribution in [0.2, 0.25) is 0 Å². The second kappa shape index (κ2) is 7.47. The zero-order chi connectivity index (χ0) is 23.6. The Hall–Kier alpha value is -4.08. The lowest BCUT2D eigenvalue weighted by Gasteiger charge is -2.11. The minimum absolute atomic E-state index is 0.185. The first-order valence-corrected chi connectivity index (χ1v) is 11.4. The van der Waals surface area contributed by atoms with Gasteiger partial charge in [0, 0.05) is 35.0 Å². The largest absolute Gasteiger partial charge is 0.496 e. The van der Waals surface area contributed by atoms with Gasteiger partial charge in [0.1, 0.15) is 28.8 Å². The second-order valence-electron chi connectivity index (χ2n) is 8.75. The van der Waals surface area contributed by atoms with Gasteiger partial charge in [-0.2, -0.15) is 15.1 Å². The number of rotatable bonds is 6. The van der Waals surface area contributed by atoms with Crippen LogP contribution in [-0.4, -0.2) is 37.0 Å². The Labute approximate surface area is 195 Å². The van der Waals surface area contributed by atoms with Crippen LogP contribution in [0.3, 0.4) is 0 Å². The summed E-state index contributed by atoms with van der Waals surface area (Å²) < 4.78 is 13.1. The van der Waals surface area contributed by atoms with E-state index in [1.165, 1.54) is 12.8 Å². The van der Waals surface area contributed by atoms with Crippen LogP contribution >= 0.6 is 0 Å². The zero-order valence-electron chi connectivity index (χ0n) is 19.6. The molecule has 0 aliphatic heterocycles. The first kappa shape index (κ1) is 20.5. The van der Waals surface area contributed by atoms with Crippen LogP contribution in [0.5, 0.6) is 5.75 Å². The Morgan fingerprint density at radius 1 is 1.24 bits per heavy atom. The molecule has 0 spiro atoms. The quantitative estimate of drug-likeness (QED) is 0.330. The molecule has 10 nitrogen and oxygen atoms in total. The number of anilines is 3. The Bertz CT molecular complexity index is 1540. The molecule has 4 heterocycles. The lowest BCUT2D eigenvalue weighted by molar-refractivity contribution is 0.393. The first-order chi connectivity index (χ1) is 16.5. The fourth-order valence-corrected chi connectivity index (χ4v) is 4.64. The van der Waals surface area contributed by atoms with Crippen LogP contribution in [0, 0.1) is 13.8 Å². The van der Waals surface area contributed by atoms with Gasteiger partial charge in [-0.1, -0.05) is 5.16 Å². The topological polar surface area (TPSA) is 133 Å². The monoisotopic (exact) mass is 458 g/mol. The van der Waals surface area contributed by atoms with Crippen molar-refractivity contribution in [2.24, 2.45) is 0 Å². The molecule has 0 amide bonds. The van der Waals surface area contributed by atoms with Gasteiger partial charge in [-0.25, -0.2) is 4.68 Å². The summed E-state index contributed by atoms with van der Waals surface area (Å²) in [5.74, 6) is 3.70. The van der Waals surface area contributed by atoms with Gasteiger partial charge in [-0.3, -0.25) is 0 Å². The number of nitrogens with one attached hydrogen (secondary N) is 2. The van der Waals surface area contributed by atoms with Crippen molar-refractivity contribution in [3.63, 3.8) is 0 Å². The highest BCUT2D eigenvalue weighted by atomic mass is 16.5. The Morgan fingerprint density at radius 3 is 2.74 bits per heavy atom. The number of nitrogens with zero attached hydrogens (tertiary/aromatic N) is 5. The van der Waals surface area contributed by atoms with E-state index in [1.807, 2.05) is 30.7 Å². The molecule has 5 aromatic rings. The maximum Gasteiger partial charge on any atom is 0.224 e.